The highest BCUT2D eigenvalue weighted by Crippen LogP contribution is 2.21. The molecule has 158 valence electrons. The van der Waals surface area contributed by atoms with Gasteiger partial charge in [0.25, 0.3) is 0 Å². The van der Waals surface area contributed by atoms with Crippen molar-refractivity contribution in [2.24, 2.45) is 4.99 Å². The Morgan fingerprint density at radius 3 is 2.52 bits per heavy atom. The summed E-state index contributed by atoms with van der Waals surface area (Å²) in [5.41, 5.74) is 0. The molecule has 1 saturated heterocycles. The van der Waals surface area contributed by atoms with Crippen molar-refractivity contribution >= 4 is 11.8 Å². The topological polar surface area (TPSA) is 60.1 Å². The number of pyridine rings is 1. The molecule has 2 aromatic heterocycles. The molecule has 0 aliphatic carbocycles. The van der Waals surface area contributed by atoms with Crippen molar-refractivity contribution < 1.29 is 4.42 Å². The number of hydrogen-bond acceptors (Lipinski definition) is 5. The summed E-state index contributed by atoms with van der Waals surface area (Å²) in [5.74, 6) is 3.01. The van der Waals surface area contributed by atoms with Crippen LogP contribution < -0.4 is 10.2 Å². The molecule has 29 heavy (non-hydrogen) atoms. The van der Waals surface area contributed by atoms with Gasteiger partial charge < -0.3 is 19.5 Å². The minimum Gasteiger partial charge on any atom is -0.468 e. The fourth-order valence-electron chi connectivity index (χ4n) is 3.82. The Morgan fingerprint density at radius 1 is 1.14 bits per heavy atom. The van der Waals surface area contributed by atoms with E-state index in [9.17, 15) is 0 Å². The molecule has 0 spiro atoms. The Bertz CT molecular complexity index is 721. The standard InChI is InChI=1S/C22H34N6O/c1-4-23-22(25-18-19(26(5-2)6-3)20-10-9-17-29-20)28-15-13-27(14-16-28)21-11-7-8-12-24-21/h7-12,17,19H,4-6,13-16,18H2,1-3H3,(H,23,25). The molecule has 1 aliphatic rings. The van der Waals surface area contributed by atoms with Crippen LogP contribution in [0.1, 0.15) is 32.6 Å². The Hall–Kier alpha value is -2.54. The quantitative estimate of drug-likeness (QED) is 0.545. The number of rotatable bonds is 8. The van der Waals surface area contributed by atoms with Crippen molar-refractivity contribution in [1.82, 2.24) is 20.1 Å². The van der Waals surface area contributed by atoms with Crippen molar-refractivity contribution in [3.63, 3.8) is 0 Å². The molecular formula is C22H34N6O. The summed E-state index contributed by atoms with van der Waals surface area (Å²) in [6, 6.07) is 10.2. The van der Waals surface area contributed by atoms with E-state index in [0.29, 0.717) is 6.54 Å². The Morgan fingerprint density at radius 2 is 1.93 bits per heavy atom. The first kappa shape index (κ1) is 21.2. The SMILES string of the molecule is CCNC(=NCC(c1ccco1)N(CC)CC)N1CCN(c2ccccn2)CC1. The second kappa shape index (κ2) is 10.9. The van der Waals surface area contributed by atoms with Crippen LogP contribution in [-0.2, 0) is 0 Å². The molecule has 7 nitrogen and oxygen atoms in total. The molecule has 0 aromatic carbocycles. The lowest BCUT2D eigenvalue weighted by atomic mass is 10.2. The van der Waals surface area contributed by atoms with Gasteiger partial charge in [0, 0.05) is 38.9 Å². The summed E-state index contributed by atoms with van der Waals surface area (Å²) < 4.78 is 5.72. The monoisotopic (exact) mass is 398 g/mol. The first-order chi connectivity index (χ1) is 14.3. The van der Waals surface area contributed by atoms with Crippen LogP contribution in [0.3, 0.4) is 0 Å². The van der Waals surface area contributed by atoms with Gasteiger partial charge in [-0.05, 0) is 44.3 Å². The van der Waals surface area contributed by atoms with E-state index in [1.165, 1.54) is 0 Å². The molecular weight excluding hydrogens is 364 g/mol. The fourth-order valence-corrected chi connectivity index (χ4v) is 3.82. The predicted octanol–water partition coefficient (Wildman–Crippen LogP) is 2.85. The van der Waals surface area contributed by atoms with Gasteiger partial charge in [-0.15, -0.1) is 0 Å². The Balaban J connectivity index is 1.67. The highest BCUT2D eigenvalue weighted by Gasteiger charge is 2.23. The van der Waals surface area contributed by atoms with Crippen LogP contribution in [0.2, 0.25) is 0 Å². The maximum absolute atomic E-state index is 5.72. The molecule has 3 heterocycles. The second-order valence-electron chi connectivity index (χ2n) is 7.11. The molecule has 1 N–H and O–H groups in total. The van der Waals surface area contributed by atoms with Crippen LogP contribution in [-0.4, -0.2) is 73.1 Å². The van der Waals surface area contributed by atoms with E-state index in [0.717, 1.165) is 63.4 Å². The van der Waals surface area contributed by atoms with Crippen molar-refractivity contribution in [3.8, 4) is 0 Å². The van der Waals surface area contributed by atoms with E-state index >= 15 is 0 Å². The zero-order valence-corrected chi connectivity index (χ0v) is 17.9. The minimum atomic E-state index is 0.156. The average Bonchev–Trinajstić information content (AvgIpc) is 3.31. The normalized spacial score (nSPS) is 16.3. The molecule has 1 aliphatic heterocycles. The maximum atomic E-state index is 5.72. The van der Waals surface area contributed by atoms with Gasteiger partial charge in [0.1, 0.15) is 11.6 Å². The van der Waals surface area contributed by atoms with E-state index in [1.807, 2.05) is 24.4 Å². The highest BCUT2D eigenvalue weighted by atomic mass is 16.3. The third-order valence-corrected chi connectivity index (χ3v) is 5.43. The summed E-state index contributed by atoms with van der Waals surface area (Å²) >= 11 is 0. The van der Waals surface area contributed by atoms with Crippen LogP contribution in [0.15, 0.2) is 52.2 Å². The van der Waals surface area contributed by atoms with Gasteiger partial charge in [0.2, 0.25) is 0 Å². The number of aliphatic imine (C=N–C) groups is 1. The Labute approximate surface area is 174 Å². The van der Waals surface area contributed by atoms with E-state index < -0.39 is 0 Å². The van der Waals surface area contributed by atoms with E-state index in [2.05, 4.69) is 57.9 Å². The van der Waals surface area contributed by atoms with Crippen molar-refractivity contribution in [1.29, 1.82) is 0 Å². The lowest BCUT2D eigenvalue weighted by Gasteiger charge is -2.37. The number of anilines is 1. The van der Waals surface area contributed by atoms with E-state index in [1.54, 1.807) is 6.26 Å². The number of nitrogens with zero attached hydrogens (tertiary/aromatic N) is 5. The van der Waals surface area contributed by atoms with Crippen molar-refractivity contribution in [3.05, 3.63) is 48.6 Å². The molecule has 0 bridgehead atoms. The fraction of sp³-hybridized carbons (Fsp3) is 0.545. The molecule has 0 amide bonds. The summed E-state index contributed by atoms with van der Waals surface area (Å²) in [6.07, 6.45) is 3.60. The van der Waals surface area contributed by atoms with Gasteiger partial charge in [-0.1, -0.05) is 19.9 Å². The maximum Gasteiger partial charge on any atom is 0.194 e. The lowest BCUT2D eigenvalue weighted by molar-refractivity contribution is 0.197. The first-order valence-corrected chi connectivity index (χ1v) is 10.7. The number of likely N-dealkylation sites (N-methyl/N-ethyl adjacent to an activating group) is 1. The number of guanidine groups is 1. The molecule has 3 rings (SSSR count). The van der Waals surface area contributed by atoms with Crippen LogP contribution >= 0.6 is 0 Å². The van der Waals surface area contributed by atoms with Gasteiger partial charge in [-0.25, -0.2) is 4.98 Å². The zero-order chi connectivity index (χ0) is 20.5. The Kier molecular flexibility index (Phi) is 7.93. The molecule has 1 atom stereocenters. The first-order valence-electron chi connectivity index (χ1n) is 10.7. The summed E-state index contributed by atoms with van der Waals surface area (Å²) in [6.45, 7) is 13.7. The average molecular weight is 399 g/mol. The second-order valence-corrected chi connectivity index (χ2v) is 7.11. The van der Waals surface area contributed by atoms with Crippen LogP contribution in [0, 0.1) is 0 Å². The zero-order valence-electron chi connectivity index (χ0n) is 17.9. The van der Waals surface area contributed by atoms with Gasteiger partial charge in [0.05, 0.1) is 18.8 Å². The van der Waals surface area contributed by atoms with E-state index in [-0.39, 0.29) is 6.04 Å². The van der Waals surface area contributed by atoms with Crippen molar-refractivity contribution in [2.75, 3.05) is 57.3 Å². The molecule has 1 fully saturated rings. The van der Waals surface area contributed by atoms with Crippen LogP contribution in [0.5, 0.6) is 0 Å². The number of piperazine rings is 1. The number of aromatic nitrogens is 1. The number of hydrogen-bond donors (Lipinski definition) is 1. The number of furan rings is 1. The van der Waals surface area contributed by atoms with Gasteiger partial charge in [-0.3, -0.25) is 9.89 Å². The summed E-state index contributed by atoms with van der Waals surface area (Å²) in [4.78, 5) is 16.6. The summed E-state index contributed by atoms with van der Waals surface area (Å²) in [5, 5.41) is 3.48. The predicted molar refractivity (Wildman–Crippen MR) is 118 cm³/mol. The van der Waals surface area contributed by atoms with Crippen LogP contribution in [0.4, 0.5) is 5.82 Å². The molecule has 1 unspecified atom stereocenters. The third-order valence-electron chi connectivity index (χ3n) is 5.43. The van der Waals surface area contributed by atoms with Gasteiger partial charge in [0.15, 0.2) is 5.96 Å². The summed E-state index contributed by atoms with van der Waals surface area (Å²) in [7, 11) is 0. The largest absolute Gasteiger partial charge is 0.468 e. The minimum absolute atomic E-state index is 0.156. The van der Waals surface area contributed by atoms with Crippen LogP contribution in [0.25, 0.3) is 0 Å². The van der Waals surface area contributed by atoms with E-state index in [4.69, 9.17) is 9.41 Å². The van der Waals surface area contributed by atoms with Gasteiger partial charge in [-0.2, -0.15) is 0 Å². The lowest BCUT2D eigenvalue weighted by Crippen LogP contribution is -2.53. The smallest absolute Gasteiger partial charge is 0.194 e. The molecule has 7 heteroatoms. The number of nitrogens with one attached hydrogen (secondary N) is 1. The molecule has 0 radical (unpaired) electrons. The highest BCUT2D eigenvalue weighted by molar-refractivity contribution is 5.80. The molecule has 0 saturated carbocycles. The van der Waals surface area contributed by atoms with Gasteiger partial charge >= 0.3 is 0 Å². The molecule has 2 aromatic rings. The third kappa shape index (κ3) is 5.50. The van der Waals surface area contributed by atoms with Crippen molar-refractivity contribution in [2.45, 2.75) is 26.8 Å².